The number of benzene rings is 1. The van der Waals surface area contributed by atoms with Crippen LogP contribution in [0.5, 0.6) is 0 Å². The van der Waals surface area contributed by atoms with Crippen molar-refractivity contribution < 1.29 is 10.3 Å². The molecule has 0 radical (unpaired) electrons. The van der Waals surface area contributed by atoms with Crippen LogP contribution >= 0.6 is 11.6 Å². The van der Waals surface area contributed by atoms with Crippen molar-refractivity contribution >= 4 is 23.1 Å². The van der Waals surface area contributed by atoms with Crippen LogP contribution in [0.15, 0.2) is 23.4 Å². The van der Waals surface area contributed by atoms with E-state index in [1.54, 1.807) is 12.1 Å². The molecule has 1 unspecified atom stereocenters. The van der Waals surface area contributed by atoms with E-state index in [9.17, 15) is 5.11 Å². The molecule has 1 saturated heterocycles. The first-order valence-electron chi connectivity index (χ1n) is 5.68. The fraction of sp³-hybridized carbons (Fsp3) is 0.417. The first-order chi connectivity index (χ1) is 8.43. The summed E-state index contributed by atoms with van der Waals surface area (Å²) in [7, 11) is 0. The van der Waals surface area contributed by atoms with E-state index in [1.807, 2.05) is 13.0 Å². The van der Waals surface area contributed by atoms with Crippen molar-refractivity contribution in [2.45, 2.75) is 18.9 Å². The highest BCUT2D eigenvalue weighted by Gasteiger charge is 2.31. The van der Waals surface area contributed by atoms with E-state index >= 15 is 0 Å². The smallest absolute Gasteiger partial charge is 0.171 e. The molecule has 1 aromatic rings. The Hall–Kier alpha value is -1.46. The Morgan fingerprint density at radius 3 is 2.78 bits per heavy atom. The highest BCUT2D eigenvalue weighted by atomic mass is 35.5. The Morgan fingerprint density at radius 2 is 2.28 bits per heavy atom. The van der Waals surface area contributed by atoms with E-state index in [1.165, 1.54) is 0 Å². The number of β-amino-alcohol motifs (C(OH)–C–C–N with tert-alkyl or cyclic N) is 1. The molecule has 0 saturated carbocycles. The van der Waals surface area contributed by atoms with Gasteiger partial charge < -0.3 is 20.9 Å². The minimum atomic E-state index is -0.656. The maximum Gasteiger partial charge on any atom is 0.171 e. The second-order valence-electron chi connectivity index (χ2n) is 4.82. The molecule has 1 heterocycles. The van der Waals surface area contributed by atoms with Crippen molar-refractivity contribution in [2.75, 3.05) is 18.0 Å². The Bertz CT molecular complexity index is 488. The summed E-state index contributed by atoms with van der Waals surface area (Å²) in [5, 5.41) is 21.9. The molecule has 0 aliphatic carbocycles. The molecule has 1 aliphatic heterocycles. The maximum absolute atomic E-state index is 9.93. The van der Waals surface area contributed by atoms with Gasteiger partial charge in [-0.05, 0) is 31.5 Å². The fourth-order valence-corrected chi connectivity index (χ4v) is 2.40. The van der Waals surface area contributed by atoms with Crippen LogP contribution in [0, 0.1) is 0 Å². The van der Waals surface area contributed by atoms with Crippen molar-refractivity contribution in [3.63, 3.8) is 0 Å². The number of oxime groups is 1. The second kappa shape index (κ2) is 4.66. The first-order valence-corrected chi connectivity index (χ1v) is 6.05. The van der Waals surface area contributed by atoms with E-state index in [4.69, 9.17) is 22.5 Å². The lowest BCUT2D eigenvalue weighted by Crippen LogP contribution is -2.29. The number of rotatable bonds is 2. The zero-order chi connectivity index (χ0) is 13.3. The second-order valence-corrected chi connectivity index (χ2v) is 5.23. The molecule has 2 rings (SSSR count). The van der Waals surface area contributed by atoms with E-state index in [0.29, 0.717) is 17.1 Å². The lowest BCUT2D eigenvalue weighted by molar-refractivity contribution is 0.0839. The molecule has 1 aliphatic rings. The van der Waals surface area contributed by atoms with Gasteiger partial charge in [0.15, 0.2) is 5.84 Å². The normalized spacial score (nSPS) is 24.6. The SMILES string of the molecule is CC1(O)CCN(c2ccc(/C(N)=N/O)c(Cl)c2)C1. The van der Waals surface area contributed by atoms with Gasteiger partial charge in [-0.2, -0.15) is 0 Å². The number of amidine groups is 1. The van der Waals surface area contributed by atoms with Gasteiger partial charge in [-0.1, -0.05) is 16.8 Å². The van der Waals surface area contributed by atoms with Crippen LogP contribution in [0.2, 0.25) is 5.02 Å². The van der Waals surface area contributed by atoms with Crippen LogP contribution in [0.4, 0.5) is 5.69 Å². The minimum absolute atomic E-state index is 0.0139. The molecule has 1 fully saturated rings. The van der Waals surface area contributed by atoms with E-state index in [-0.39, 0.29) is 5.84 Å². The molecule has 1 atom stereocenters. The molecule has 0 bridgehead atoms. The van der Waals surface area contributed by atoms with Gasteiger partial charge in [-0.25, -0.2) is 0 Å². The van der Waals surface area contributed by atoms with E-state index in [0.717, 1.165) is 18.7 Å². The predicted molar refractivity (Wildman–Crippen MR) is 71.4 cm³/mol. The monoisotopic (exact) mass is 269 g/mol. The molecule has 1 aromatic carbocycles. The van der Waals surface area contributed by atoms with E-state index in [2.05, 4.69) is 10.1 Å². The largest absolute Gasteiger partial charge is 0.409 e. The van der Waals surface area contributed by atoms with Crippen molar-refractivity contribution in [3.05, 3.63) is 28.8 Å². The zero-order valence-corrected chi connectivity index (χ0v) is 10.9. The van der Waals surface area contributed by atoms with Crippen molar-refractivity contribution in [3.8, 4) is 0 Å². The Labute approximate surface area is 110 Å². The van der Waals surface area contributed by atoms with Crippen molar-refractivity contribution in [1.29, 1.82) is 0 Å². The summed E-state index contributed by atoms with van der Waals surface area (Å²) in [5.41, 5.74) is 6.27. The van der Waals surface area contributed by atoms with Crippen LogP contribution in [-0.2, 0) is 0 Å². The summed E-state index contributed by atoms with van der Waals surface area (Å²) in [6.45, 7) is 3.18. The molecule has 5 nitrogen and oxygen atoms in total. The molecule has 4 N–H and O–H groups in total. The molecule has 18 heavy (non-hydrogen) atoms. The van der Waals surface area contributed by atoms with Gasteiger partial charge in [0.2, 0.25) is 0 Å². The molecule has 98 valence electrons. The van der Waals surface area contributed by atoms with Crippen molar-refractivity contribution in [1.82, 2.24) is 0 Å². The summed E-state index contributed by atoms with van der Waals surface area (Å²) >= 11 is 6.09. The van der Waals surface area contributed by atoms with Crippen LogP contribution in [0.3, 0.4) is 0 Å². The number of hydrogen-bond acceptors (Lipinski definition) is 4. The average Bonchev–Trinajstić information content (AvgIpc) is 2.68. The number of nitrogens with two attached hydrogens (primary N) is 1. The first kappa shape index (κ1) is 13.0. The maximum atomic E-state index is 9.93. The standard InChI is InChI=1S/C12H16ClN3O2/c1-12(17)4-5-16(7-12)8-2-3-9(10(13)6-8)11(14)15-18/h2-3,6,17-18H,4-5,7H2,1H3,(H2,14,15). The van der Waals surface area contributed by atoms with Crippen LogP contribution in [-0.4, -0.2) is 34.8 Å². The quantitative estimate of drug-likeness (QED) is 0.328. The topological polar surface area (TPSA) is 82.1 Å². The van der Waals surface area contributed by atoms with Gasteiger partial charge in [-0.15, -0.1) is 0 Å². The van der Waals surface area contributed by atoms with Gasteiger partial charge in [0, 0.05) is 24.3 Å². The zero-order valence-electron chi connectivity index (χ0n) is 10.1. The third-order valence-electron chi connectivity index (χ3n) is 3.15. The summed E-state index contributed by atoms with van der Waals surface area (Å²) in [6.07, 6.45) is 0.729. The highest BCUT2D eigenvalue weighted by molar-refractivity contribution is 6.34. The lowest BCUT2D eigenvalue weighted by Gasteiger charge is -2.21. The van der Waals surface area contributed by atoms with Gasteiger partial charge in [0.1, 0.15) is 0 Å². The van der Waals surface area contributed by atoms with Gasteiger partial charge in [0.25, 0.3) is 0 Å². The molecule has 0 spiro atoms. The molecule has 0 aromatic heterocycles. The summed E-state index contributed by atoms with van der Waals surface area (Å²) in [5.74, 6) is -0.0139. The molecule has 6 heteroatoms. The van der Waals surface area contributed by atoms with Crippen LogP contribution in [0.1, 0.15) is 18.9 Å². The predicted octanol–water partition coefficient (Wildman–Crippen LogP) is 1.40. The van der Waals surface area contributed by atoms with Gasteiger partial charge in [0.05, 0.1) is 10.6 Å². The summed E-state index contributed by atoms with van der Waals surface area (Å²) in [6, 6.07) is 5.32. The Kier molecular flexibility index (Phi) is 3.36. The average molecular weight is 270 g/mol. The number of halogens is 1. The highest BCUT2D eigenvalue weighted by Crippen LogP contribution is 2.29. The van der Waals surface area contributed by atoms with Gasteiger partial charge >= 0.3 is 0 Å². The number of hydrogen-bond donors (Lipinski definition) is 3. The fourth-order valence-electron chi connectivity index (χ4n) is 2.13. The van der Waals surface area contributed by atoms with Crippen molar-refractivity contribution in [2.24, 2.45) is 10.9 Å². The Morgan fingerprint density at radius 1 is 1.56 bits per heavy atom. The minimum Gasteiger partial charge on any atom is -0.409 e. The Balaban J connectivity index is 2.25. The lowest BCUT2D eigenvalue weighted by atomic mass is 10.1. The van der Waals surface area contributed by atoms with Crippen LogP contribution in [0.25, 0.3) is 0 Å². The molecule has 0 amide bonds. The van der Waals surface area contributed by atoms with Crippen LogP contribution < -0.4 is 10.6 Å². The van der Waals surface area contributed by atoms with E-state index < -0.39 is 5.60 Å². The summed E-state index contributed by atoms with van der Waals surface area (Å²) < 4.78 is 0. The molecular formula is C12H16ClN3O2. The van der Waals surface area contributed by atoms with Gasteiger partial charge in [-0.3, -0.25) is 0 Å². The number of aliphatic hydroxyl groups is 1. The third-order valence-corrected chi connectivity index (χ3v) is 3.47. The third kappa shape index (κ3) is 2.52. The summed E-state index contributed by atoms with van der Waals surface area (Å²) in [4.78, 5) is 2.06. The number of nitrogens with zero attached hydrogens (tertiary/aromatic N) is 2. The number of anilines is 1. The molecular weight excluding hydrogens is 254 g/mol.